The molecule has 6 nitrogen and oxygen atoms in total. The highest BCUT2D eigenvalue weighted by Gasteiger charge is 2.22. The third-order valence-corrected chi connectivity index (χ3v) is 4.70. The van der Waals surface area contributed by atoms with Crippen LogP contribution in [0.15, 0.2) is 60.9 Å². The number of nitrogens with zero attached hydrogens (tertiary/aromatic N) is 2. The van der Waals surface area contributed by atoms with Gasteiger partial charge in [0.2, 0.25) is 0 Å². The SMILES string of the molecule is CCCCOc1ccc(C(=O)NC(c2cccc(OC)c2)c2nccn2C)cc1. The minimum atomic E-state index is -0.405. The van der Waals surface area contributed by atoms with E-state index < -0.39 is 6.04 Å². The number of carbonyl (C=O) groups excluding carboxylic acids is 1. The maximum absolute atomic E-state index is 12.9. The third-order valence-electron chi connectivity index (χ3n) is 4.70. The fourth-order valence-corrected chi connectivity index (χ4v) is 3.02. The first-order valence-electron chi connectivity index (χ1n) is 9.77. The highest BCUT2D eigenvalue weighted by atomic mass is 16.5. The minimum Gasteiger partial charge on any atom is -0.497 e. The van der Waals surface area contributed by atoms with E-state index in [1.165, 1.54) is 0 Å². The zero-order chi connectivity index (χ0) is 20.6. The molecule has 0 spiro atoms. The van der Waals surface area contributed by atoms with Gasteiger partial charge in [0, 0.05) is 25.0 Å². The molecule has 0 aliphatic heterocycles. The number of unbranched alkanes of at least 4 members (excludes halogenated alkanes) is 1. The van der Waals surface area contributed by atoms with Crippen LogP contribution in [-0.2, 0) is 7.05 Å². The summed E-state index contributed by atoms with van der Waals surface area (Å²) in [5, 5.41) is 3.10. The summed E-state index contributed by atoms with van der Waals surface area (Å²) in [6.07, 6.45) is 5.67. The monoisotopic (exact) mass is 393 g/mol. The van der Waals surface area contributed by atoms with Crippen LogP contribution in [0, 0.1) is 0 Å². The van der Waals surface area contributed by atoms with E-state index in [9.17, 15) is 4.79 Å². The highest BCUT2D eigenvalue weighted by Crippen LogP contribution is 2.25. The molecule has 0 bridgehead atoms. The summed E-state index contributed by atoms with van der Waals surface area (Å²) in [7, 11) is 3.53. The van der Waals surface area contributed by atoms with Crippen molar-refractivity contribution in [1.82, 2.24) is 14.9 Å². The van der Waals surface area contributed by atoms with Crippen LogP contribution in [0.4, 0.5) is 0 Å². The molecule has 0 aliphatic carbocycles. The second kappa shape index (κ2) is 9.78. The Labute approximate surface area is 171 Å². The van der Waals surface area contributed by atoms with Gasteiger partial charge < -0.3 is 19.4 Å². The summed E-state index contributed by atoms with van der Waals surface area (Å²) in [4.78, 5) is 17.4. The molecule has 0 saturated heterocycles. The first-order valence-corrected chi connectivity index (χ1v) is 9.77. The standard InChI is InChI=1S/C23H27N3O3/c1-4-5-15-29-19-11-9-17(10-12-19)23(27)25-21(22-24-13-14-26(22)2)18-7-6-8-20(16-18)28-3/h6-14,16,21H,4-5,15H2,1-3H3,(H,25,27). The van der Waals surface area contributed by atoms with Crippen LogP contribution in [0.5, 0.6) is 11.5 Å². The molecule has 0 radical (unpaired) electrons. The van der Waals surface area contributed by atoms with E-state index in [1.807, 2.05) is 54.2 Å². The largest absolute Gasteiger partial charge is 0.497 e. The van der Waals surface area contributed by atoms with Crippen LogP contribution in [0.3, 0.4) is 0 Å². The summed E-state index contributed by atoms with van der Waals surface area (Å²) in [5.41, 5.74) is 1.46. The first kappa shape index (κ1) is 20.5. The summed E-state index contributed by atoms with van der Waals surface area (Å²) >= 11 is 0. The van der Waals surface area contributed by atoms with Crippen molar-refractivity contribution in [2.45, 2.75) is 25.8 Å². The van der Waals surface area contributed by atoms with E-state index >= 15 is 0 Å². The van der Waals surface area contributed by atoms with Crippen LogP contribution in [0.1, 0.15) is 47.6 Å². The number of methoxy groups -OCH3 is 1. The maximum atomic E-state index is 12.9. The molecule has 152 valence electrons. The van der Waals surface area contributed by atoms with Gasteiger partial charge in [0.25, 0.3) is 5.91 Å². The van der Waals surface area contributed by atoms with Gasteiger partial charge in [0.15, 0.2) is 0 Å². The van der Waals surface area contributed by atoms with E-state index in [0.29, 0.717) is 12.2 Å². The highest BCUT2D eigenvalue weighted by molar-refractivity contribution is 5.94. The van der Waals surface area contributed by atoms with Crippen LogP contribution in [0.2, 0.25) is 0 Å². The van der Waals surface area contributed by atoms with Crippen molar-refractivity contribution in [2.24, 2.45) is 7.05 Å². The molecule has 3 rings (SSSR count). The lowest BCUT2D eigenvalue weighted by Gasteiger charge is -2.20. The number of hydrogen-bond donors (Lipinski definition) is 1. The summed E-state index contributed by atoms with van der Waals surface area (Å²) in [6, 6.07) is 14.4. The van der Waals surface area contributed by atoms with E-state index in [1.54, 1.807) is 25.4 Å². The first-order chi connectivity index (χ1) is 14.1. The molecular formula is C23H27N3O3. The smallest absolute Gasteiger partial charge is 0.252 e. The van der Waals surface area contributed by atoms with Crippen molar-refractivity contribution in [3.63, 3.8) is 0 Å². The van der Waals surface area contributed by atoms with Gasteiger partial charge in [-0.1, -0.05) is 25.5 Å². The summed E-state index contributed by atoms with van der Waals surface area (Å²) in [5.74, 6) is 2.06. The maximum Gasteiger partial charge on any atom is 0.252 e. The van der Waals surface area contributed by atoms with Crippen molar-refractivity contribution < 1.29 is 14.3 Å². The molecular weight excluding hydrogens is 366 g/mol. The van der Waals surface area contributed by atoms with Gasteiger partial charge in [0.05, 0.1) is 13.7 Å². The van der Waals surface area contributed by atoms with E-state index in [4.69, 9.17) is 9.47 Å². The number of carbonyl (C=O) groups is 1. The van der Waals surface area contributed by atoms with Gasteiger partial charge in [-0.25, -0.2) is 4.98 Å². The Bertz CT molecular complexity index is 935. The zero-order valence-corrected chi connectivity index (χ0v) is 17.1. The lowest BCUT2D eigenvalue weighted by molar-refractivity contribution is 0.0941. The predicted octanol–water partition coefficient (Wildman–Crippen LogP) is 4.13. The van der Waals surface area contributed by atoms with Crippen LogP contribution < -0.4 is 14.8 Å². The number of ether oxygens (including phenoxy) is 2. The number of aromatic nitrogens is 2. The molecule has 1 amide bonds. The molecule has 0 saturated carbocycles. The number of imidazole rings is 1. The normalized spacial score (nSPS) is 11.7. The van der Waals surface area contributed by atoms with Gasteiger partial charge in [-0.2, -0.15) is 0 Å². The number of rotatable bonds is 9. The summed E-state index contributed by atoms with van der Waals surface area (Å²) < 4.78 is 12.9. The molecule has 0 aliphatic rings. The van der Waals surface area contributed by atoms with E-state index in [0.717, 1.165) is 35.7 Å². The second-order valence-electron chi connectivity index (χ2n) is 6.81. The third kappa shape index (κ3) is 5.16. The van der Waals surface area contributed by atoms with Gasteiger partial charge in [-0.3, -0.25) is 4.79 Å². The lowest BCUT2D eigenvalue weighted by Crippen LogP contribution is -2.31. The van der Waals surface area contributed by atoms with Crippen LogP contribution >= 0.6 is 0 Å². The Morgan fingerprint density at radius 1 is 1.17 bits per heavy atom. The Hall–Kier alpha value is -3.28. The number of nitrogens with one attached hydrogen (secondary N) is 1. The Morgan fingerprint density at radius 3 is 2.62 bits per heavy atom. The van der Waals surface area contributed by atoms with E-state index in [-0.39, 0.29) is 5.91 Å². The minimum absolute atomic E-state index is 0.180. The van der Waals surface area contributed by atoms with Crippen molar-refractivity contribution in [3.05, 3.63) is 77.9 Å². The molecule has 3 aromatic rings. The fraction of sp³-hybridized carbons (Fsp3) is 0.304. The predicted molar refractivity (Wildman–Crippen MR) is 112 cm³/mol. The Kier molecular flexibility index (Phi) is 6.89. The van der Waals surface area contributed by atoms with Crippen LogP contribution in [-0.4, -0.2) is 29.2 Å². The molecule has 0 fully saturated rings. The molecule has 1 heterocycles. The number of amides is 1. The number of benzene rings is 2. The van der Waals surface area contributed by atoms with Gasteiger partial charge in [-0.05, 0) is 48.4 Å². The van der Waals surface area contributed by atoms with Crippen molar-refractivity contribution >= 4 is 5.91 Å². The fourth-order valence-electron chi connectivity index (χ4n) is 3.02. The lowest BCUT2D eigenvalue weighted by atomic mass is 10.0. The number of hydrogen-bond acceptors (Lipinski definition) is 4. The Morgan fingerprint density at radius 2 is 1.97 bits per heavy atom. The van der Waals surface area contributed by atoms with Gasteiger partial charge in [0.1, 0.15) is 23.4 Å². The molecule has 29 heavy (non-hydrogen) atoms. The topological polar surface area (TPSA) is 65.4 Å². The molecule has 1 unspecified atom stereocenters. The van der Waals surface area contributed by atoms with Crippen LogP contribution in [0.25, 0.3) is 0 Å². The van der Waals surface area contributed by atoms with Crippen molar-refractivity contribution in [1.29, 1.82) is 0 Å². The number of aryl methyl sites for hydroxylation is 1. The van der Waals surface area contributed by atoms with Crippen molar-refractivity contribution in [2.75, 3.05) is 13.7 Å². The Balaban J connectivity index is 1.80. The van der Waals surface area contributed by atoms with Gasteiger partial charge in [-0.15, -0.1) is 0 Å². The zero-order valence-electron chi connectivity index (χ0n) is 17.1. The molecule has 1 atom stereocenters. The molecule has 2 aromatic carbocycles. The molecule has 1 N–H and O–H groups in total. The quantitative estimate of drug-likeness (QED) is 0.555. The second-order valence-corrected chi connectivity index (χ2v) is 6.81. The summed E-state index contributed by atoms with van der Waals surface area (Å²) in [6.45, 7) is 2.80. The average molecular weight is 393 g/mol. The molecule has 6 heteroatoms. The molecule has 1 aromatic heterocycles. The average Bonchev–Trinajstić information content (AvgIpc) is 3.18. The van der Waals surface area contributed by atoms with E-state index in [2.05, 4.69) is 17.2 Å². The van der Waals surface area contributed by atoms with Crippen molar-refractivity contribution in [3.8, 4) is 11.5 Å². The van der Waals surface area contributed by atoms with Gasteiger partial charge >= 0.3 is 0 Å².